The summed E-state index contributed by atoms with van der Waals surface area (Å²) in [7, 11) is 0. The second-order valence-corrected chi connectivity index (χ2v) is 5.37. The van der Waals surface area contributed by atoms with Crippen LogP contribution in [0.2, 0.25) is 0 Å². The smallest absolute Gasteiger partial charge is 0.0568 e. The van der Waals surface area contributed by atoms with Crippen molar-refractivity contribution in [1.82, 2.24) is 9.78 Å². The molecule has 1 aromatic heterocycles. The van der Waals surface area contributed by atoms with Gasteiger partial charge in [0.05, 0.1) is 6.20 Å². The van der Waals surface area contributed by atoms with Crippen LogP contribution in [0.1, 0.15) is 25.8 Å². The topological polar surface area (TPSA) is 38.0 Å². The van der Waals surface area contributed by atoms with Gasteiger partial charge in [0.15, 0.2) is 0 Å². The molecule has 3 heteroatoms. The number of hydrogen-bond donors (Lipinski definition) is 1. The Hall–Kier alpha value is -1.61. The van der Waals surface area contributed by atoms with Gasteiger partial charge in [-0.25, -0.2) is 0 Å². The van der Waals surface area contributed by atoms with Gasteiger partial charge >= 0.3 is 0 Å². The zero-order valence-electron chi connectivity index (χ0n) is 11.7. The zero-order chi connectivity index (χ0) is 13.7. The van der Waals surface area contributed by atoms with Gasteiger partial charge in [0, 0.05) is 24.9 Å². The van der Waals surface area contributed by atoms with E-state index in [4.69, 9.17) is 5.11 Å². The molecule has 0 aliphatic rings. The highest BCUT2D eigenvalue weighted by atomic mass is 16.2. The summed E-state index contributed by atoms with van der Waals surface area (Å²) in [5, 5.41) is 13.2. The lowest BCUT2D eigenvalue weighted by Crippen LogP contribution is -2.03. The van der Waals surface area contributed by atoms with E-state index in [2.05, 4.69) is 49.4 Å². The van der Waals surface area contributed by atoms with E-state index in [1.54, 1.807) is 0 Å². The minimum absolute atomic E-state index is 0.254. The monoisotopic (exact) mass is 258 g/mol. The Bertz CT molecular complexity index is 500. The fraction of sp³-hybridized carbons (Fsp3) is 0.438. The Morgan fingerprint density at radius 2 is 1.89 bits per heavy atom. The van der Waals surface area contributed by atoms with Gasteiger partial charge in [-0.15, -0.1) is 0 Å². The van der Waals surface area contributed by atoms with Crippen LogP contribution >= 0.6 is 0 Å². The number of aliphatic hydroxyl groups is 1. The molecule has 0 aliphatic heterocycles. The summed E-state index contributed by atoms with van der Waals surface area (Å²) >= 11 is 0. The number of benzene rings is 1. The molecule has 0 unspecified atom stereocenters. The molecule has 3 nitrogen and oxygen atoms in total. The Morgan fingerprint density at radius 3 is 2.53 bits per heavy atom. The number of aromatic nitrogens is 2. The average molecular weight is 258 g/mol. The minimum Gasteiger partial charge on any atom is -0.396 e. The fourth-order valence-corrected chi connectivity index (χ4v) is 2.13. The summed E-state index contributed by atoms with van der Waals surface area (Å²) in [6.45, 7) is 5.59. The largest absolute Gasteiger partial charge is 0.396 e. The minimum atomic E-state index is 0.254. The maximum Gasteiger partial charge on any atom is 0.0568 e. The average Bonchev–Trinajstić information content (AvgIpc) is 2.84. The van der Waals surface area contributed by atoms with E-state index in [0.717, 1.165) is 24.9 Å². The molecule has 0 saturated heterocycles. The maximum atomic E-state index is 8.82. The first-order chi connectivity index (χ1) is 9.19. The highest BCUT2D eigenvalue weighted by Gasteiger charge is 2.03. The molecule has 1 N–H and O–H groups in total. The number of aryl methyl sites for hydroxylation is 1. The summed E-state index contributed by atoms with van der Waals surface area (Å²) < 4.78 is 2.00. The van der Waals surface area contributed by atoms with E-state index >= 15 is 0 Å². The molecule has 0 fully saturated rings. The molecule has 0 spiro atoms. The van der Waals surface area contributed by atoms with Gasteiger partial charge in [0.25, 0.3) is 0 Å². The molecular weight excluding hydrogens is 236 g/mol. The van der Waals surface area contributed by atoms with Gasteiger partial charge in [0.2, 0.25) is 0 Å². The molecule has 0 saturated carbocycles. The zero-order valence-corrected chi connectivity index (χ0v) is 11.7. The number of hydrogen-bond acceptors (Lipinski definition) is 2. The Kier molecular flexibility index (Phi) is 4.74. The normalized spacial score (nSPS) is 11.2. The highest BCUT2D eigenvalue weighted by molar-refractivity contribution is 5.61. The van der Waals surface area contributed by atoms with Gasteiger partial charge in [-0.2, -0.15) is 5.10 Å². The van der Waals surface area contributed by atoms with E-state index in [0.29, 0.717) is 5.92 Å². The van der Waals surface area contributed by atoms with Crippen molar-refractivity contribution < 1.29 is 5.11 Å². The van der Waals surface area contributed by atoms with Crippen LogP contribution in [-0.4, -0.2) is 21.5 Å². The fourth-order valence-electron chi connectivity index (χ4n) is 2.13. The van der Waals surface area contributed by atoms with Gasteiger partial charge in [0.1, 0.15) is 0 Å². The van der Waals surface area contributed by atoms with Crippen molar-refractivity contribution in [2.75, 3.05) is 6.61 Å². The molecule has 0 amide bonds. The summed E-state index contributed by atoms with van der Waals surface area (Å²) in [4.78, 5) is 0. The first kappa shape index (κ1) is 13.8. The number of rotatable bonds is 6. The maximum absolute atomic E-state index is 8.82. The van der Waals surface area contributed by atoms with E-state index in [-0.39, 0.29) is 6.61 Å². The third-order valence-corrected chi connectivity index (χ3v) is 3.10. The number of aliphatic hydroxyl groups excluding tert-OH is 1. The third kappa shape index (κ3) is 3.93. The van der Waals surface area contributed by atoms with Crippen LogP contribution in [0.15, 0.2) is 36.7 Å². The molecule has 102 valence electrons. The standard InChI is InChI=1S/C16H22N2O/c1-13(2)11-18-12-16(10-17-18)15-7-5-14(6-8-15)4-3-9-19/h5-8,10,12-13,19H,3-4,9,11H2,1-2H3. The second kappa shape index (κ2) is 6.53. The van der Waals surface area contributed by atoms with Crippen molar-refractivity contribution in [2.45, 2.75) is 33.2 Å². The van der Waals surface area contributed by atoms with Crippen molar-refractivity contribution in [3.63, 3.8) is 0 Å². The van der Waals surface area contributed by atoms with Crippen molar-refractivity contribution >= 4 is 0 Å². The van der Waals surface area contributed by atoms with E-state index in [9.17, 15) is 0 Å². The quantitative estimate of drug-likeness (QED) is 0.864. The molecular formula is C16H22N2O. The lowest BCUT2D eigenvalue weighted by Gasteiger charge is -2.04. The van der Waals surface area contributed by atoms with Crippen LogP contribution in [0.3, 0.4) is 0 Å². The van der Waals surface area contributed by atoms with Gasteiger partial charge in [-0.3, -0.25) is 4.68 Å². The lowest BCUT2D eigenvalue weighted by molar-refractivity contribution is 0.288. The third-order valence-electron chi connectivity index (χ3n) is 3.10. The summed E-state index contributed by atoms with van der Waals surface area (Å²) in [6.07, 6.45) is 5.78. The van der Waals surface area contributed by atoms with Crippen LogP contribution < -0.4 is 0 Å². The van der Waals surface area contributed by atoms with E-state index in [1.807, 2.05) is 10.9 Å². The second-order valence-electron chi connectivity index (χ2n) is 5.37. The molecule has 0 bridgehead atoms. The lowest BCUT2D eigenvalue weighted by atomic mass is 10.0. The van der Waals surface area contributed by atoms with Crippen LogP contribution in [0.5, 0.6) is 0 Å². The van der Waals surface area contributed by atoms with Gasteiger partial charge in [-0.05, 0) is 29.9 Å². The first-order valence-corrected chi connectivity index (χ1v) is 6.91. The molecule has 1 heterocycles. The van der Waals surface area contributed by atoms with Gasteiger partial charge < -0.3 is 5.11 Å². The predicted octanol–water partition coefficient (Wildman–Crippen LogP) is 3.13. The van der Waals surface area contributed by atoms with Crippen LogP contribution in [0.4, 0.5) is 0 Å². The van der Waals surface area contributed by atoms with Crippen molar-refractivity contribution in [3.05, 3.63) is 42.2 Å². The van der Waals surface area contributed by atoms with E-state index in [1.165, 1.54) is 11.1 Å². The molecule has 1 aromatic carbocycles. The number of nitrogens with zero attached hydrogens (tertiary/aromatic N) is 2. The molecule has 19 heavy (non-hydrogen) atoms. The summed E-state index contributed by atoms with van der Waals surface area (Å²) in [5.74, 6) is 0.605. The van der Waals surface area contributed by atoms with Gasteiger partial charge in [-0.1, -0.05) is 38.1 Å². The molecule has 2 aromatic rings. The van der Waals surface area contributed by atoms with Crippen molar-refractivity contribution in [2.24, 2.45) is 5.92 Å². The summed E-state index contributed by atoms with van der Waals surface area (Å²) in [5.41, 5.74) is 3.63. The van der Waals surface area contributed by atoms with Crippen LogP contribution in [0.25, 0.3) is 11.1 Å². The van der Waals surface area contributed by atoms with Crippen molar-refractivity contribution in [3.8, 4) is 11.1 Å². The van der Waals surface area contributed by atoms with Crippen LogP contribution in [0, 0.1) is 5.92 Å². The molecule has 0 atom stereocenters. The molecule has 0 radical (unpaired) electrons. The highest BCUT2D eigenvalue weighted by Crippen LogP contribution is 2.20. The van der Waals surface area contributed by atoms with Crippen molar-refractivity contribution in [1.29, 1.82) is 0 Å². The first-order valence-electron chi connectivity index (χ1n) is 6.91. The SMILES string of the molecule is CC(C)Cn1cc(-c2ccc(CCCO)cc2)cn1. The summed E-state index contributed by atoms with van der Waals surface area (Å²) in [6, 6.07) is 8.52. The van der Waals surface area contributed by atoms with Crippen LogP contribution in [-0.2, 0) is 13.0 Å². The molecule has 0 aliphatic carbocycles. The Labute approximate surface area is 114 Å². The molecule has 2 rings (SSSR count). The van der Waals surface area contributed by atoms with E-state index < -0.39 is 0 Å². The Balaban J connectivity index is 2.07. The predicted molar refractivity (Wildman–Crippen MR) is 77.9 cm³/mol. The Morgan fingerprint density at radius 1 is 1.16 bits per heavy atom.